The van der Waals surface area contributed by atoms with Crippen LogP contribution in [0, 0.1) is 18.8 Å². The first-order valence-corrected chi connectivity index (χ1v) is 8.16. The second kappa shape index (κ2) is 8.30. The van der Waals surface area contributed by atoms with Crippen molar-refractivity contribution in [3.8, 4) is 29.1 Å². The number of aromatic nitrogens is 2. The van der Waals surface area contributed by atoms with Gasteiger partial charge in [-0.15, -0.1) is 0 Å². The molecule has 1 aromatic heterocycles. The van der Waals surface area contributed by atoms with E-state index in [4.69, 9.17) is 25.7 Å². The molecule has 0 aliphatic heterocycles. The van der Waals surface area contributed by atoms with E-state index in [1.165, 1.54) is 0 Å². The van der Waals surface area contributed by atoms with Crippen LogP contribution in [0.1, 0.15) is 36.1 Å². The molecule has 0 aliphatic carbocycles. The van der Waals surface area contributed by atoms with Gasteiger partial charge in [-0.05, 0) is 31.0 Å². The lowest BCUT2D eigenvalue weighted by Gasteiger charge is -2.16. The van der Waals surface area contributed by atoms with Gasteiger partial charge >= 0.3 is 0 Å². The van der Waals surface area contributed by atoms with Crippen molar-refractivity contribution in [3.63, 3.8) is 0 Å². The lowest BCUT2D eigenvalue weighted by Crippen LogP contribution is -2.05. The van der Waals surface area contributed by atoms with Gasteiger partial charge in [-0.1, -0.05) is 18.8 Å². The predicted octanol–water partition coefficient (Wildman–Crippen LogP) is 2.52. The molecule has 2 rings (SSSR count). The first kappa shape index (κ1) is 19.2. The van der Waals surface area contributed by atoms with E-state index < -0.39 is 0 Å². The van der Waals surface area contributed by atoms with Crippen LogP contribution >= 0.6 is 0 Å². The molecule has 1 atom stereocenters. The van der Waals surface area contributed by atoms with E-state index in [1.807, 2.05) is 12.1 Å². The minimum atomic E-state index is -0.0555. The Labute approximate surface area is 153 Å². The summed E-state index contributed by atoms with van der Waals surface area (Å²) in [5.74, 6) is 8.43. The second-order valence-corrected chi connectivity index (χ2v) is 5.62. The third-order valence-electron chi connectivity index (χ3n) is 4.00. The number of nitrogens with two attached hydrogens (primary N) is 2. The summed E-state index contributed by atoms with van der Waals surface area (Å²) in [6, 6.07) is 3.81. The van der Waals surface area contributed by atoms with Gasteiger partial charge in [0.05, 0.1) is 32.6 Å². The molecule has 4 N–H and O–H groups in total. The number of methoxy groups -OCH3 is 3. The Morgan fingerprint density at radius 1 is 1.04 bits per heavy atom. The molecular formula is C19H24N4O3. The number of rotatable bonds is 5. The van der Waals surface area contributed by atoms with Gasteiger partial charge in [-0.25, -0.2) is 4.98 Å². The van der Waals surface area contributed by atoms with Crippen LogP contribution in [0.5, 0.6) is 17.2 Å². The van der Waals surface area contributed by atoms with E-state index in [2.05, 4.69) is 28.7 Å². The standard InChI is InChI=1S/C19H24N4O3/c1-6-12(7-8-14-11(2)22-19(21)23-18(14)20)13-9-15(24-3)17(26-5)16(10-13)25-4/h9-10,12H,6H2,1-5H3,(H4,20,21,22,23)/t12-/m0/s1. The Hall–Kier alpha value is -3.14. The van der Waals surface area contributed by atoms with E-state index in [0.717, 1.165) is 12.0 Å². The molecule has 0 unspecified atom stereocenters. The minimum absolute atomic E-state index is 0.0555. The molecule has 0 amide bonds. The maximum Gasteiger partial charge on any atom is 0.222 e. The number of anilines is 2. The molecule has 7 nitrogen and oxygen atoms in total. The second-order valence-electron chi connectivity index (χ2n) is 5.62. The van der Waals surface area contributed by atoms with Crippen LogP contribution in [-0.2, 0) is 0 Å². The topological polar surface area (TPSA) is 106 Å². The molecule has 0 fully saturated rings. The summed E-state index contributed by atoms with van der Waals surface area (Å²) < 4.78 is 16.2. The van der Waals surface area contributed by atoms with Crippen LogP contribution in [0.3, 0.4) is 0 Å². The molecule has 138 valence electrons. The summed E-state index contributed by atoms with van der Waals surface area (Å²) in [4.78, 5) is 8.09. The highest BCUT2D eigenvalue weighted by Gasteiger charge is 2.17. The predicted molar refractivity (Wildman–Crippen MR) is 102 cm³/mol. The number of hydrogen-bond donors (Lipinski definition) is 2. The summed E-state index contributed by atoms with van der Waals surface area (Å²) >= 11 is 0. The highest BCUT2D eigenvalue weighted by atomic mass is 16.5. The van der Waals surface area contributed by atoms with Crippen molar-refractivity contribution in [3.05, 3.63) is 29.0 Å². The van der Waals surface area contributed by atoms with Gasteiger partial charge in [0, 0.05) is 5.92 Å². The van der Waals surface area contributed by atoms with Crippen LogP contribution in [0.25, 0.3) is 0 Å². The SMILES string of the molecule is CC[C@@H](C#Cc1c(C)nc(N)nc1N)c1cc(OC)c(OC)c(OC)c1. The van der Waals surface area contributed by atoms with Crippen molar-refractivity contribution in [1.29, 1.82) is 0 Å². The number of nitrogen functional groups attached to an aromatic ring is 2. The zero-order valence-electron chi connectivity index (χ0n) is 15.7. The molecule has 1 heterocycles. The Morgan fingerprint density at radius 3 is 2.12 bits per heavy atom. The van der Waals surface area contributed by atoms with Gasteiger partial charge in [-0.2, -0.15) is 4.98 Å². The monoisotopic (exact) mass is 356 g/mol. The first-order chi connectivity index (χ1) is 12.4. The van der Waals surface area contributed by atoms with Gasteiger partial charge in [0.2, 0.25) is 11.7 Å². The van der Waals surface area contributed by atoms with Crippen molar-refractivity contribution in [2.75, 3.05) is 32.8 Å². The number of aryl methyl sites for hydroxylation is 1. The zero-order chi connectivity index (χ0) is 19.3. The Balaban J connectivity index is 2.48. The maximum absolute atomic E-state index is 5.93. The summed E-state index contributed by atoms with van der Waals surface area (Å²) in [5.41, 5.74) is 13.7. The lowest BCUT2D eigenvalue weighted by molar-refractivity contribution is 0.323. The Morgan fingerprint density at radius 2 is 1.65 bits per heavy atom. The third-order valence-corrected chi connectivity index (χ3v) is 4.00. The van der Waals surface area contributed by atoms with Gasteiger partial charge in [0.15, 0.2) is 11.5 Å². The van der Waals surface area contributed by atoms with Gasteiger partial charge in [0.25, 0.3) is 0 Å². The third kappa shape index (κ3) is 3.91. The molecule has 0 saturated carbocycles. The fourth-order valence-corrected chi connectivity index (χ4v) is 2.65. The number of benzene rings is 1. The molecule has 0 saturated heterocycles. The first-order valence-electron chi connectivity index (χ1n) is 8.16. The molecule has 1 aromatic carbocycles. The summed E-state index contributed by atoms with van der Waals surface area (Å²) in [6.07, 6.45) is 0.792. The smallest absolute Gasteiger partial charge is 0.222 e. The summed E-state index contributed by atoms with van der Waals surface area (Å²) in [6.45, 7) is 3.86. The molecule has 0 bridgehead atoms. The van der Waals surface area contributed by atoms with E-state index in [-0.39, 0.29) is 17.7 Å². The quantitative estimate of drug-likeness (QED) is 0.793. The van der Waals surface area contributed by atoms with Crippen molar-refractivity contribution < 1.29 is 14.2 Å². The van der Waals surface area contributed by atoms with Crippen LogP contribution in [0.4, 0.5) is 11.8 Å². The Bertz CT molecular complexity index is 808. The molecule has 0 aliphatic rings. The van der Waals surface area contributed by atoms with Crippen molar-refractivity contribution in [2.45, 2.75) is 26.2 Å². The van der Waals surface area contributed by atoms with E-state index in [1.54, 1.807) is 28.3 Å². The average Bonchev–Trinajstić information content (AvgIpc) is 2.62. The maximum atomic E-state index is 5.93. The number of ether oxygens (including phenoxy) is 3. The normalized spacial score (nSPS) is 11.3. The van der Waals surface area contributed by atoms with Gasteiger partial charge in [-0.3, -0.25) is 0 Å². The van der Waals surface area contributed by atoms with Gasteiger partial charge in [0.1, 0.15) is 5.82 Å². The number of nitrogens with zero attached hydrogens (tertiary/aromatic N) is 2. The van der Waals surface area contributed by atoms with Crippen LogP contribution < -0.4 is 25.7 Å². The molecule has 2 aromatic rings. The van der Waals surface area contributed by atoms with E-state index in [9.17, 15) is 0 Å². The van der Waals surface area contributed by atoms with Crippen LogP contribution in [-0.4, -0.2) is 31.3 Å². The zero-order valence-corrected chi connectivity index (χ0v) is 15.7. The molecule has 7 heteroatoms. The molecule has 26 heavy (non-hydrogen) atoms. The van der Waals surface area contributed by atoms with Gasteiger partial charge < -0.3 is 25.7 Å². The van der Waals surface area contributed by atoms with Crippen molar-refractivity contribution in [2.24, 2.45) is 0 Å². The average molecular weight is 356 g/mol. The van der Waals surface area contributed by atoms with E-state index in [0.29, 0.717) is 28.5 Å². The fourth-order valence-electron chi connectivity index (χ4n) is 2.65. The minimum Gasteiger partial charge on any atom is -0.493 e. The van der Waals surface area contributed by atoms with Crippen molar-refractivity contribution in [1.82, 2.24) is 9.97 Å². The molecule has 0 radical (unpaired) electrons. The fraction of sp³-hybridized carbons (Fsp3) is 0.368. The largest absolute Gasteiger partial charge is 0.493 e. The lowest BCUT2D eigenvalue weighted by atomic mass is 9.95. The highest BCUT2D eigenvalue weighted by molar-refractivity contribution is 5.58. The van der Waals surface area contributed by atoms with Crippen molar-refractivity contribution >= 4 is 11.8 Å². The van der Waals surface area contributed by atoms with Crippen LogP contribution in [0.2, 0.25) is 0 Å². The van der Waals surface area contributed by atoms with E-state index >= 15 is 0 Å². The number of hydrogen-bond acceptors (Lipinski definition) is 7. The van der Waals surface area contributed by atoms with Crippen LogP contribution in [0.15, 0.2) is 12.1 Å². The molecule has 0 spiro atoms. The highest BCUT2D eigenvalue weighted by Crippen LogP contribution is 2.40. The molecular weight excluding hydrogens is 332 g/mol. The summed E-state index contributed by atoms with van der Waals surface area (Å²) in [7, 11) is 4.75. The summed E-state index contributed by atoms with van der Waals surface area (Å²) in [5, 5.41) is 0. The Kier molecular flexibility index (Phi) is 6.12.